The maximum atomic E-state index is 14.1. The lowest BCUT2D eigenvalue weighted by molar-refractivity contribution is -0.127. The highest BCUT2D eigenvalue weighted by Gasteiger charge is 2.33. The molecule has 39 heavy (non-hydrogen) atoms. The molecule has 2 amide bonds. The van der Waals surface area contributed by atoms with Gasteiger partial charge < -0.3 is 10.1 Å². The second-order valence-corrected chi connectivity index (χ2v) is 9.76. The highest BCUT2D eigenvalue weighted by Crippen LogP contribution is 2.31. The minimum atomic E-state index is -1.01. The van der Waals surface area contributed by atoms with E-state index in [9.17, 15) is 14.4 Å². The molecule has 1 atom stereocenters. The average Bonchev–Trinajstić information content (AvgIpc) is 3.34. The summed E-state index contributed by atoms with van der Waals surface area (Å²) in [6, 6.07) is 20.1. The number of amides is 2. The predicted molar refractivity (Wildman–Crippen MR) is 150 cm³/mol. The molecule has 0 unspecified atom stereocenters. The first-order chi connectivity index (χ1) is 18.8. The molecule has 0 aliphatic carbocycles. The number of anilines is 1. The van der Waals surface area contributed by atoms with Gasteiger partial charge in [-0.2, -0.15) is 0 Å². The first kappa shape index (κ1) is 27.5. The van der Waals surface area contributed by atoms with Gasteiger partial charge in [0.25, 0.3) is 0 Å². The van der Waals surface area contributed by atoms with Gasteiger partial charge in [-0.3, -0.25) is 19.3 Å². The number of ketones is 1. The quantitative estimate of drug-likeness (QED) is 0.286. The monoisotopic (exact) mass is 527 g/mol. The van der Waals surface area contributed by atoms with Crippen LogP contribution in [0.15, 0.2) is 72.8 Å². The molecule has 0 saturated carbocycles. The standard InChI is InChI=1S/C30H33N5O4/c1-20(2)16-17-31-30(38)29(22-12-14-25(39-4)15-13-22)35(24-9-7-8-23(18-24)21(3)36)28(37)19-34-27-11-6-5-10-26(27)32-33-34/h5-15,18,20,29H,16-17,19H2,1-4H3,(H,31,38)/t29-/m0/s1. The smallest absolute Gasteiger partial charge is 0.249 e. The summed E-state index contributed by atoms with van der Waals surface area (Å²) < 4.78 is 6.82. The summed E-state index contributed by atoms with van der Waals surface area (Å²) in [7, 11) is 1.57. The van der Waals surface area contributed by atoms with Gasteiger partial charge in [-0.25, -0.2) is 4.68 Å². The lowest BCUT2D eigenvalue weighted by Gasteiger charge is -2.32. The predicted octanol–water partition coefficient (Wildman–Crippen LogP) is 4.58. The number of carbonyl (C=O) groups excluding carboxylic acids is 3. The molecule has 3 aromatic carbocycles. The molecule has 4 rings (SSSR count). The largest absolute Gasteiger partial charge is 0.497 e. The highest BCUT2D eigenvalue weighted by atomic mass is 16.5. The van der Waals surface area contributed by atoms with E-state index in [1.807, 2.05) is 24.3 Å². The Kier molecular flexibility index (Phi) is 8.70. The lowest BCUT2D eigenvalue weighted by Crippen LogP contribution is -2.45. The zero-order chi connectivity index (χ0) is 27.9. The van der Waals surface area contributed by atoms with Crippen molar-refractivity contribution in [1.29, 1.82) is 0 Å². The van der Waals surface area contributed by atoms with Crippen LogP contribution in [0.4, 0.5) is 5.69 Å². The van der Waals surface area contributed by atoms with E-state index in [0.29, 0.717) is 46.1 Å². The molecule has 0 saturated heterocycles. The second-order valence-electron chi connectivity index (χ2n) is 9.76. The molecule has 9 heteroatoms. The number of para-hydroxylation sites is 1. The molecule has 1 aromatic heterocycles. The molecule has 0 radical (unpaired) electrons. The Labute approximate surface area is 227 Å². The number of hydrogen-bond acceptors (Lipinski definition) is 6. The normalized spacial score (nSPS) is 11.8. The first-order valence-corrected chi connectivity index (χ1v) is 12.9. The number of aromatic nitrogens is 3. The molecule has 1 heterocycles. The molecule has 0 spiro atoms. The van der Waals surface area contributed by atoms with Gasteiger partial charge in [-0.15, -0.1) is 5.10 Å². The van der Waals surface area contributed by atoms with Crippen molar-refractivity contribution in [3.63, 3.8) is 0 Å². The third kappa shape index (κ3) is 6.49. The Hall–Kier alpha value is -4.53. The summed E-state index contributed by atoms with van der Waals surface area (Å²) in [4.78, 5) is 41.6. The van der Waals surface area contributed by atoms with E-state index in [1.54, 1.807) is 55.6 Å². The van der Waals surface area contributed by atoms with Gasteiger partial charge in [0.05, 0.1) is 12.6 Å². The summed E-state index contributed by atoms with van der Waals surface area (Å²) in [6.07, 6.45) is 0.791. The van der Waals surface area contributed by atoms with E-state index in [-0.39, 0.29) is 24.1 Å². The lowest BCUT2D eigenvalue weighted by atomic mass is 10.0. The van der Waals surface area contributed by atoms with E-state index < -0.39 is 6.04 Å². The van der Waals surface area contributed by atoms with Gasteiger partial charge in [0.1, 0.15) is 23.9 Å². The van der Waals surface area contributed by atoms with Crippen LogP contribution >= 0.6 is 0 Å². The highest BCUT2D eigenvalue weighted by molar-refractivity contribution is 6.03. The van der Waals surface area contributed by atoms with E-state index in [0.717, 1.165) is 6.42 Å². The topological polar surface area (TPSA) is 106 Å². The van der Waals surface area contributed by atoms with E-state index >= 15 is 0 Å². The van der Waals surface area contributed by atoms with Gasteiger partial charge in [0.2, 0.25) is 11.8 Å². The minimum absolute atomic E-state index is 0.145. The molecular formula is C30H33N5O4. The van der Waals surface area contributed by atoms with Crippen LogP contribution in [-0.4, -0.2) is 46.2 Å². The molecule has 0 bridgehead atoms. The van der Waals surface area contributed by atoms with E-state index in [1.165, 1.54) is 16.5 Å². The fourth-order valence-electron chi connectivity index (χ4n) is 4.33. The maximum absolute atomic E-state index is 14.1. The van der Waals surface area contributed by atoms with Crippen LogP contribution in [0.5, 0.6) is 5.75 Å². The van der Waals surface area contributed by atoms with Crippen molar-refractivity contribution in [2.45, 2.75) is 39.8 Å². The number of nitrogens with one attached hydrogen (secondary N) is 1. The molecule has 9 nitrogen and oxygen atoms in total. The first-order valence-electron chi connectivity index (χ1n) is 12.9. The number of rotatable bonds is 11. The molecule has 1 N–H and O–H groups in total. The van der Waals surface area contributed by atoms with Gasteiger partial charge in [-0.1, -0.05) is 55.5 Å². The SMILES string of the molecule is COc1ccc([C@@H](C(=O)NCCC(C)C)N(C(=O)Cn2nnc3ccccc32)c2cccc(C(C)=O)c2)cc1. The number of Topliss-reactive ketones (excluding diaryl/α,β-unsaturated/α-hetero) is 1. The summed E-state index contributed by atoms with van der Waals surface area (Å²) in [5.41, 5.74) is 2.82. The number of carbonyl (C=O) groups is 3. The third-order valence-corrected chi connectivity index (χ3v) is 6.46. The van der Waals surface area contributed by atoms with Crippen molar-refractivity contribution in [1.82, 2.24) is 20.3 Å². The number of benzene rings is 3. The van der Waals surface area contributed by atoms with Crippen molar-refractivity contribution in [3.05, 3.63) is 83.9 Å². The van der Waals surface area contributed by atoms with E-state index in [4.69, 9.17) is 4.74 Å². The van der Waals surface area contributed by atoms with Crippen LogP contribution < -0.4 is 15.0 Å². The van der Waals surface area contributed by atoms with Crippen molar-refractivity contribution >= 4 is 34.3 Å². The van der Waals surface area contributed by atoms with Crippen molar-refractivity contribution in [2.24, 2.45) is 5.92 Å². The zero-order valence-electron chi connectivity index (χ0n) is 22.6. The van der Waals surface area contributed by atoms with E-state index in [2.05, 4.69) is 29.5 Å². The van der Waals surface area contributed by atoms with Crippen LogP contribution in [0.3, 0.4) is 0 Å². The van der Waals surface area contributed by atoms with Crippen LogP contribution in [0, 0.1) is 5.92 Å². The van der Waals surface area contributed by atoms with Crippen LogP contribution in [0.1, 0.15) is 49.2 Å². The molecule has 202 valence electrons. The fourth-order valence-corrected chi connectivity index (χ4v) is 4.33. The van der Waals surface area contributed by atoms with Crippen molar-refractivity contribution in [3.8, 4) is 5.75 Å². The number of hydrogen-bond donors (Lipinski definition) is 1. The summed E-state index contributed by atoms with van der Waals surface area (Å²) in [6.45, 7) is 5.94. The average molecular weight is 528 g/mol. The summed E-state index contributed by atoms with van der Waals surface area (Å²) in [5, 5.41) is 11.3. The third-order valence-electron chi connectivity index (χ3n) is 6.46. The Morgan fingerprint density at radius 1 is 1.00 bits per heavy atom. The number of nitrogens with zero attached hydrogens (tertiary/aromatic N) is 4. The molecule has 4 aromatic rings. The number of methoxy groups -OCH3 is 1. The molecular weight excluding hydrogens is 494 g/mol. The van der Waals surface area contributed by atoms with Crippen LogP contribution in [0.25, 0.3) is 11.0 Å². The van der Waals surface area contributed by atoms with Gasteiger partial charge >= 0.3 is 0 Å². The summed E-state index contributed by atoms with van der Waals surface area (Å²) in [5.74, 6) is 0.171. The number of fused-ring (bicyclic) bond motifs is 1. The molecule has 0 aliphatic heterocycles. The van der Waals surface area contributed by atoms with Crippen LogP contribution in [0.2, 0.25) is 0 Å². The van der Waals surface area contributed by atoms with Gasteiger partial charge in [0.15, 0.2) is 5.78 Å². The second kappa shape index (κ2) is 12.3. The molecule has 0 aliphatic rings. The Morgan fingerprint density at radius 3 is 2.44 bits per heavy atom. The minimum Gasteiger partial charge on any atom is -0.497 e. The van der Waals surface area contributed by atoms with Crippen molar-refractivity contribution in [2.75, 3.05) is 18.6 Å². The Bertz CT molecular complexity index is 1460. The Balaban J connectivity index is 1.80. The summed E-state index contributed by atoms with van der Waals surface area (Å²) >= 11 is 0. The van der Waals surface area contributed by atoms with Crippen molar-refractivity contribution < 1.29 is 19.1 Å². The number of ether oxygens (including phenoxy) is 1. The Morgan fingerprint density at radius 2 is 1.74 bits per heavy atom. The van der Waals surface area contributed by atoms with Gasteiger partial charge in [-0.05, 0) is 61.2 Å². The maximum Gasteiger partial charge on any atom is 0.249 e. The van der Waals surface area contributed by atoms with Gasteiger partial charge in [0, 0.05) is 17.8 Å². The molecule has 0 fully saturated rings. The van der Waals surface area contributed by atoms with Crippen LogP contribution in [-0.2, 0) is 16.1 Å². The zero-order valence-corrected chi connectivity index (χ0v) is 22.6. The fraction of sp³-hybridized carbons (Fsp3) is 0.300.